The third-order valence-electron chi connectivity index (χ3n) is 3.40. The molecule has 2 aromatic carbocycles. The van der Waals surface area contributed by atoms with Gasteiger partial charge in [0.15, 0.2) is 0 Å². The van der Waals surface area contributed by atoms with Crippen LogP contribution >= 0.6 is 27.5 Å². The lowest BCUT2D eigenvalue weighted by molar-refractivity contribution is 0.0593. The van der Waals surface area contributed by atoms with Crippen LogP contribution in [0.1, 0.15) is 18.1 Å². The summed E-state index contributed by atoms with van der Waals surface area (Å²) >= 11 is 9.25. The molecule has 2 aromatic rings. The minimum absolute atomic E-state index is 0.107. The summed E-state index contributed by atoms with van der Waals surface area (Å²) in [4.78, 5) is 11.9. The van der Waals surface area contributed by atoms with Crippen LogP contribution in [0.5, 0.6) is 0 Å². The molecule has 0 radical (unpaired) electrons. The van der Waals surface area contributed by atoms with Crippen molar-refractivity contribution in [3.63, 3.8) is 0 Å². The van der Waals surface area contributed by atoms with Gasteiger partial charge in [0.05, 0.1) is 6.54 Å². The maximum Gasteiger partial charge on any atom is 0.315 e. The number of halogens is 2. The minimum Gasteiger partial charge on any atom is -0.384 e. The van der Waals surface area contributed by atoms with Gasteiger partial charge in [0.25, 0.3) is 0 Å². The first kappa shape index (κ1) is 17.8. The van der Waals surface area contributed by atoms with Gasteiger partial charge in [-0.05, 0) is 42.3 Å². The van der Waals surface area contributed by atoms with Crippen LogP contribution < -0.4 is 10.6 Å². The molecule has 0 saturated carbocycles. The van der Waals surface area contributed by atoms with Crippen molar-refractivity contribution in [1.82, 2.24) is 10.6 Å². The molecule has 0 bridgehead atoms. The van der Waals surface area contributed by atoms with Crippen molar-refractivity contribution in [2.24, 2.45) is 0 Å². The molecule has 0 aliphatic heterocycles. The van der Waals surface area contributed by atoms with Gasteiger partial charge in [-0.2, -0.15) is 0 Å². The van der Waals surface area contributed by atoms with Crippen molar-refractivity contribution in [2.45, 2.75) is 19.1 Å². The van der Waals surface area contributed by atoms with Crippen molar-refractivity contribution in [2.75, 3.05) is 6.54 Å². The van der Waals surface area contributed by atoms with Crippen LogP contribution in [0.2, 0.25) is 5.02 Å². The highest BCUT2D eigenvalue weighted by molar-refractivity contribution is 9.10. The van der Waals surface area contributed by atoms with Crippen LogP contribution in [0.15, 0.2) is 53.0 Å². The van der Waals surface area contributed by atoms with Crippen LogP contribution in [-0.4, -0.2) is 17.7 Å². The van der Waals surface area contributed by atoms with E-state index >= 15 is 0 Å². The van der Waals surface area contributed by atoms with Gasteiger partial charge in [-0.15, -0.1) is 0 Å². The summed E-state index contributed by atoms with van der Waals surface area (Å²) in [7, 11) is 0. The standard InChI is InChI=1S/C17H18BrClN2O2/c1-17(23,13-5-7-14(18)8-6-13)11-21-16(22)20-10-12-3-2-4-15(19)9-12/h2-9,23H,10-11H2,1H3,(H2,20,21,22). The zero-order valence-electron chi connectivity index (χ0n) is 12.6. The molecule has 0 aliphatic rings. The van der Waals surface area contributed by atoms with E-state index < -0.39 is 5.60 Å². The highest BCUT2D eigenvalue weighted by Gasteiger charge is 2.23. The molecule has 6 heteroatoms. The molecular weight excluding hydrogens is 380 g/mol. The summed E-state index contributed by atoms with van der Waals surface area (Å²) in [5.41, 5.74) is 0.497. The molecule has 2 rings (SSSR count). The molecule has 0 aliphatic carbocycles. The van der Waals surface area contributed by atoms with Crippen LogP contribution in [0.25, 0.3) is 0 Å². The molecule has 0 saturated heterocycles. The Labute approximate surface area is 149 Å². The summed E-state index contributed by atoms with van der Waals surface area (Å²) in [6.07, 6.45) is 0. The maximum absolute atomic E-state index is 11.9. The maximum atomic E-state index is 11.9. The second-order valence-corrected chi connectivity index (χ2v) is 6.80. The zero-order valence-corrected chi connectivity index (χ0v) is 15.0. The smallest absolute Gasteiger partial charge is 0.315 e. The first-order valence-electron chi connectivity index (χ1n) is 7.11. The Bertz CT molecular complexity index is 675. The molecule has 0 aromatic heterocycles. The molecule has 1 unspecified atom stereocenters. The number of hydrogen-bond donors (Lipinski definition) is 3. The number of aliphatic hydroxyl groups is 1. The van der Waals surface area contributed by atoms with Crippen molar-refractivity contribution < 1.29 is 9.90 Å². The highest BCUT2D eigenvalue weighted by atomic mass is 79.9. The van der Waals surface area contributed by atoms with Gasteiger partial charge < -0.3 is 15.7 Å². The number of urea groups is 1. The Morgan fingerprint density at radius 3 is 2.57 bits per heavy atom. The van der Waals surface area contributed by atoms with Crippen LogP contribution in [0, 0.1) is 0 Å². The van der Waals surface area contributed by atoms with E-state index in [1.165, 1.54) is 0 Å². The van der Waals surface area contributed by atoms with E-state index in [0.717, 1.165) is 15.6 Å². The average Bonchev–Trinajstić information content (AvgIpc) is 2.51. The number of amides is 2. The number of carbonyl (C=O) groups excluding carboxylic acids is 1. The summed E-state index contributed by atoms with van der Waals surface area (Å²) < 4.78 is 0.935. The molecular formula is C17H18BrClN2O2. The summed E-state index contributed by atoms with van der Waals surface area (Å²) in [6, 6.07) is 14.3. The average molecular weight is 398 g/mol. The quantitative estimate of drug-likeness (QED) is 0.718. The highest BCUT2D eigenvalue weighted by Crippen LogP contribution is 2.21. The Morgan fingerprint density at radius 2 is 1.91 bits per heavy atom. The third kappa shape index (κ3) is 5.53. The van der Waals surface area contributed by atoms with E-state index in [-0.39, 0.29) is 12.6 Å². The SMILES string of the molecule is CC(O)(CNC(=O)NCc1cccc(Cl)c1)c1ccc(Br)cc1. The van der Waals surface area contributed by atoms with Gasteiger partial charge in [-0.25, -0.2) is 4.79 Å². The minimum atomic E-state index is -1.14. The van der Waals surface area contributed by atoms with E-state index in [1.807, 2.05) is 36.4 Å². The Morgan fingerprint density at radius 1 is 1.22 bits per heavy atom. The Hall–Kier alpha value is -1.56. The Kier molecular flexibility index (Phi) is 6.04. The molecule has 2 amide bonds. The third-order valence-corrected chi connectivity index (χ3v) is 4.17. The zero-order chi connectivity index (χ0) is 16.9. The normalized spacial score (nSPS) is 13.2. The van der Waals surface area contributed by atoms with Gasteiger partial charge in [-0.1, -0.05) is 51.8 Å². The van der Waals surface area contributed by atoms with Gasteiger partial charge in [0.2, 0.25) is 0 Å². The van der Waals surface area contributed by atoms with Gasteiger partial charge in [-0.3, -0.25) is 0 Å². The first-order valence-corrected chi connectivity index (χ1v) is 8.28. The molecule has 23 heavy (non-hydrogen) atoms. The van der Waals surface area contributed by atoms with E-state index in [2.05, 4.69) is 26.6 Å². The number of benzene rings is 2. The molecule has 0 fully saturated rings. The second-order valence-electron chi connectivity index (χ2n) is 5.45. The van der Waals surface area contributed by atoms with Crippen molar-refractivity contribution in [3.8, 4) is 0 Å². The largest absolute Gasteiger partial charge is 0.384 e. The predicted molar refractivity (Wildman–Crippen MR) is 95.4 cm³/mol. The number of carbonyl (C=O) groups is 1. The topological polar surface area (TPSA) is 61.4 Å². The molecule has 122 valence electrons. The molecule has 1 atom stereocenters. The summed E-state index contributed by atoms with van der Waals surface area (Å²) in [6.45, 7) is 2.14. The van der Waals surface area contributed by atoms with Gasteiger partial charge in [0, 0.05) is 16.0 Å². The number of nitrogens with one attached hydrogen (secondary N) is 2. The number of hydrogen-bond acceptors (Lipinski definition) is 2. The first-order chi connectivity index (χ1) is 10.9. The van der Waals surface area contributed by atoms with Crippen LogP contribution in [-0.2, 0) is 12.1 Å². The predicted octanol–water partition coefficient (Wildman–Crippen LogP) is 3.81. The lowest BCUT2D eigenvalue weighted by Crippen LogP contribution is -2.43. The van der Waals surface area contributed by atoms with Crippen LogP contribution in [0.3, 0.4) is 0 Å². The monoisotopic (exact) mass is 396 g/mol. The van der Waals surface area contributed by atoms with Crippen molar-refractivity contribution in [1.29, 1.82) is 0 Å². The van der Waals surface area contributed by atoms with E-state index in [4.69, 9.17) is 11.6 Å². The summed E-state index contributed by atoms with van der Waals surface area (Å²) in [5.74, 6) is 0. The fourth-order valence-electron chi connectivity index (χ4n) is 2.06. The van der Waals surface area contributed by atoms with Gasteiger partial charge >= 0.3 is 6.03 Å². The Balaban J connectivity index is 1.84. The fraction of sp³-hybridized carbons (Fsp3) is 0.235. The van der Waals surface area contributed by atoms with Crippen molar-refractivity contribution in [3.05, 3.63) is 69.2 Å². The summed E-state index contributed by atoms with van der Waals surface area (Å²) in [5, 5.41) is 16.5. The van der Waals surface area contributed by atoms with Gasteiger partial charge in [0.1, 0.15) is 5.60 Å². The number of rotatable bonds is 5. The van der Waals surface area contributed by atoms with E-state index in [1.54, 1.807) is 19.1 Å². The second kappa shape index (κ2) is 7.81. The van der Waals surface area contributed by atoms with Crippen molar-refractivity contribution >= 4 is 33.6 Å². The lowest BCUT2D eigenvalue weighted by Gasteiger charge is -2.24. The molecule has 3 N–H and O–H groups in total. The van der Waals surface area contributed by atoms with Crippen LogP contribution in [0.4, 0.5) is 4.79 Å². The lowest BCUT2D eigenvalue weighted by atomic mass is 9.96. The van der Waals surface area contributed by atoms with E-state index in [9.17, 15) is 9.90 Å². The molecule has 0 spiro atoms. The fourth-order valence-corrected chi connectivity index (χ4v) is 2.53. The van der Waals surface area contributed by atoms with E-state index in [0.29, 0.717) is 11.6 Å². The molecule has 4 nitrogen and oxygen atoms in total. The molecule has 0 heterocycles.